The predicted molar refractivity (Wildman–Crippen MR) is 124 cm³/mol. The smallest absolute Gasteiger partial charge is 0.271 e. The van der Waals surface area contributed by atoms with Gasteiger partial charge in [0.1, 0.15) is 0 Å². The molecule has 156 valence electrons. The van der Waals surface area contributed by atoms with Crippen LogP contribution in [0.15, 0.2) is 64.5 Å². The Kier molecular flexibility index (Phi) is 5.67. The van der Waals surface area contributed by atoms with E-state index in [1.54, 1.807) is 36.4 Å². The van der Waals surface area contributed by atoms with Crippen molar-refractivity contribution in [1.29, 1.82) is 0 Å². The fourth-order valence-electron chi connectivity index (χ4n) is 3.33. The summed E-state index contributed by atoms with van der Waals surface area (Å²) in [5.41, 5.74) is 4.05. The molecule has 31 heavy (non-hydrogen) atoms. The highest BCUT2D eigenvalue weighted by molar-refractivity contribution is 8.18. The molecular weight excluding hydrogens is 436 g/mol. The summed E-state index contributed by atoms with van der Waals surface area (Å²) in [5.74, 6) is -0.224. The molecule has 0 radical (unpaired) electrons. The minimum atomic E-state index is -0.415. The molecule has 0 saturated carbocycles. The first-order valence-corrected chi connectivity index (χ1v) is 10.5. The van der Waals surface area contributed by atoms with E-state index in [1.807, 2.05) is 30.5 Å². The van der Waals surface area contributed by atoms with Crippen molar-refractivity contribution in [3.63, 3.8) is 0 Å². The van der Waals surface area contributed by atoms with Crippen molar-refractivity contribution in [2.24, 2.45) is 4.99 Å². The topological polar surface area (TPSA) is 89.5 Å². The maximum atomic E-state index is 12.4. The Morgan fingerprint density at radius 2 is 1.90 bits per heavy atom. The summed E-state index contributed by atoms with van der Waals surface area (Å²) in [6.45, 7) is 3.83. The van der Waals surface area contributed by atoms with Crippen LogP contribution in [0.2, 0.25) is 5.02 Å². The Morgan fingerprint density at radius 3 is 2.61 bits per heavy atom. The Hall–Kier alpha value is -3.36. The predicted octanol–water partition coefficient (Wildman–Crippen LogP) is 5.55. The molecule has 1 fully saturated rings. The van der Waals surface area contributed by atoms with E-state index >= 15 is 0 Å². The number of thioether (sulfide) groups is 1. The van der Waals surface area contributed by atoms with Gasteiger partial charge in [-0.25, -0.2) is 4.99 Å². The number of non-ortho nitro benzene ring substituents is 1. The number of amidine groups is 1. The van der Waals surface area contributed by atoms with Gasteiger partial charge in [-0.2, -0.15) is 0 Å². The van der Waals surface area contributed by atoms with Crippen molar-refractivity contribution < 1.29 is 9.72 Å². The molecule has 4 rings (SSSR count). The second-order valence-electron chi connectivity index (χ2n) is 6.90. The number of rotatable bonds is 4. The number of aryl methyl sites for hydroxylation is 1. The lowest BCUT2D eigenvalue weighted by atomic mass is 10.2. The van der Waals surface area contributed by atoms with Crippen LogP contribution in [0.25, 0.3) is 11.8 Å². The largest absolute Gasteiger partial charge is 0.318 e. The van der Waals surface area contributed by atoms with Crippen LogP contribution in [-0.4, -0.2) is 20.6 Å². The Morgan fingerprint density at radius 1 is 1.16 bits per heavy atom. The van der Waals surface area contributed by atoms with Crippen molar-refractivity contribution in [1.82, 2.24) is 9.88 Å². The molecule has 2 heterocycles. The van der Waals surface area contributed by atoms with Crippen LogP contribution in [0.4, 0.5) is 11.4 Å². The fraction of sp³-hybridized carbons (Fsp3) is 0.0909. The van der Waals surface area contributed by atoms with Crippen LogP contribution in [0.1, 0.15) is 17.0 Å². The first kappa shape index (κ1) is 20.9. The molecule has 3 aromatic rings. The number of hydrogen-bond donors (Lipinski definition) is 1. The number of carbonyl (C=O) groups is 1. The third-order valence-electron chi connectivity index (χ3n) is 4.76. The summed E-state index contributed by atoms with van der Waals surface area (Å²) in [6.07, 6.45) is 1.81. The second kappa shape index (κ2) is 8.41. The number of hydrogen-bond acceptors (Lipinski definition) is 5. The molecule has 7 nitrogen and oxygen atoms in total. The SMILES string of the molecule is Cc1cc(/C=C2\SC(=Nc3ccc(Cl)cc3)NC2=O)c(C)n1-c1cccc([N+](=O)[O-])c1. The summed E-state index contributed by atoms with van der Waals surface area (Å²) < 4.78 is 1.93. The van der Waals surface area contributed by atoms with E-state index in [9.17, 15) is 14.9 Å². The van der Waals surface area contributed by atoms with Gasteiger partial charge in [-0.1, -0.05) is 17.7 Å². The molecule has 9 heteroatoms. The van der Waals surface area contributed by atoms with Crippen molar-refractivity contribution in [2.45, 2.75) is 13.8 Å². The summed E-state index contributed by atoms with van der Waals surface area (Å²) in [5, 5.41) is 15.0. The highest BCUT2D eigenvalue weighted by Crippen LogP contribution is 2.31. The number of aromatic nitrogens is 1. The average Bonchev–Trinajstić information content (AvgIpc) is 3.22. The molecule has 1 aromatic heterocycles. The second-order valence-corrected chi connectivity index (χ2v) is 8.36. The van der Waals surface area contributed by atoms with Gasteiger partial charge in [0.25, 0.3) is 11.6 Å². The number of nitro groups is 1. The first-order chi connectivity index (χ1) is 14.8. The number of amides is 1. The molecular formula is C22H17ClN4O3S. The molecule has 1 amide bonds. The van der Waals surface area contributed by atoms with E-state index in [0.29, 0.717) is 26.5 Å². The average molecular weight is 453 g/mol. The maximum absolute atomic E-state index is 12.4. The molecule has 2 aromatic carbocycles. The Balaban J connectivity index is 1.64. The normalized spacial score (nSPS) is 16.2. The minimum Gasteiger partial charge on any atom is -0.318 e. The van der Waals surface area contributed by atoms with Gasteiger partial charge in [0, 0.05) is 28.5 Å². The van der Waals surface area contributed by atoms with Crippen LogP contribution < -0.4 is 5.32 Å². The highest BCUT2D eigenvalue weighted by Gasteiger charge is 2.24. The third-order valence-corrected chi connectivity index (χ3v) is 5.93. The molecule has 0 atom stereocenters. The number of nitro benzene ring substituents is 1. The van der Waals surface area contributed by atoms with E-state index < -0.39 is 4.92 Å². The van der Waals surface area contributed by atoms with Crippen LogP contribution in [0.5, 0.6) is 0 Å². The molecule has 1 aliphatic heterocycles. The maximum Gasteiger partial charge on any atom is 0.271 e. The standard InChI is InChI=1S/C22H17ClN4O3S/c1-13-10-15(14(2)26(13)18-4-3-5-19(12-18)27(29)30)11-20-21(28)25-22(31-20)24-17-8-6-16(23)7-9-17/h3-12H,1-2H3,(H,24,25,28)/b20-11-. The van der Waals surface area contributed by atoms with Gasteiger partial charge in [0.05, 0.1) is 21.2 Å². The van der Waals surface area contributed by atoms with Gasteiger partial charge in [-0.15, -0.1) is 0 Å². The molecule has 0 bridgehead atoms. The van der Waals surface area contributed by atoms with Gasteiger partial charge in [0.15, 0.2) is 5.17 Å². The van der Waals surface area contributed by atoms with Crippen molar-refractivity contribution in [3.8, 4) is 5.69 Å². The zero-order valence-electron chi connectivity index (χ0n) is 16.6. The molecule has 1 N–H and O–H groups in total. The van der Waals surface area contributed by atoms with Gasteiger partial charge < -0.3 is 9.88 Å². The van der Waals surface area contributed by atoms with E-state index in [1.165, 1.54) is 23.9 Å². The Labute approximate surface area is 187 Å². The minimum absolute atomic E-state index is 0.0266. The number of aliphatic imine (C=N–C) groups is 1. The summed E-state index contributed by atoms with van der Waals surface area (Å²) in [4.78, 5) is 28.1. The zero-order valence-corrected chi connectivity index (χ0v) is 18.2. The zero-order chi connectivity index (χ0) is 22.1. The Bertz CT molecular complexity index is 1260. The van der Waals surface area contributed by atoms with Gasteiger partial charge in [-0.3, -0.25) is 14.9 Å². The van der Waals surface area contributed by atoms with Crippen LogP contribution in [0, 0.1) is 24.0 Å². The molecule has 1 saturated heterocycles. The number of nitrogens with zero attached hydrogens (tertiary/aromatic N) is 3. The molecule has 0 spiro atoms. The summed E-state index contributed by atoms with van der Waals surface area (Å²) in [6, 6.07) is 15.4. The third kappa shape index (κ3) is 4.40. The van der Waals surface area contributed by atoms with Crippen molar-refractivity contribution >= 4 is 51.9 Å². The van der Waals surface area contributed by atoms with E-state index in [-0.39, 0.29) is 11.6 Å². The number of nitrogens with one attached hydrogen (secondary N) is 1. The van der Waals surface area contributed by atoms with E-state index in [4.69, 9.17) is 11.6 Å². The number of halogens is 1. The molecule has 0 aliphatic carbocycles. The van der Waals surface area contributed by atoms with Gasteiger partial charge >= 0.3 is 0 Å². The first-order valence-electron chi connectivity index (χ1n) is 9.31. The van der Waals surface area contributed by atoms with Gasteiger partial charge in [0.2, 0.25) is 0 Å². The van der Waals surface area contributed by atoms with Crippen molar-refractivity contribution in [2.75, 3.05) is 0 Å². The summed E-state index contributed by atoms with van der Waals surface area (Å²) >= 11 is 7.15. The monoisotopic (exact) mass is 452 g/mol. The van der Waals surface area contributed by atoms with Crippen LogP contribution >= 0.6 is 23.4 Å². The molecule has 1 aliphatic rings. The lowest BCUT2D eigenvalue weighted by molar-refractivity contribution is -0.384. The highest BCUT2D eigenvalue weighted by atomic mass is 35.5. The lowest BCUT2D eigenvalue weighted by Gasteiger charge is -2.09. The number of benzene rings is 2. The van der Waals surface area contributed by atoms with Gasteiger partial charge in [-0.05, 0) is 73.6 Å². The summed E-state index contributed by atoms with van der Waals surface area (Å²) in [7, 11) is 0. The quantitative estimate of drug-likeness (QED) is 0.319. The lowest BCUT2D eigenvalue weighted by Crippen LogP contribution is -2.19. The number of carbonyl (C=O) groups excluding carboxylic acids is 1. The van der Waals surface area contributed by atoms with E-state index in [2.05, 4.69) is 10.3 Å². The van der Waals surface area contributed by atoms with Crippen LogP contribution in [-0.2, 0) is 4.79 Å². The van der Waals surface area contributed by atoms with E-state index in [0.717, 1.165) is 17.0 Å². The molecule has 0 unspecified atom stereocenters. The van der Waals surface area contributed by atoms with Crippen molar-refractivity contribution in [3.05, 3.63) is 91.6 Å². The van der Waals surface area contributed by atoms with Crippen LogP contribution in [0.3, 0.4) is 0 Å². The fourth-order valence-corrected chi connectivity index (χ4v) is 4.29.